The SMILES string of the molecule is Cc1nc(OCc2ccc(F)cc2F)c(Cl)c(=O)n1-c1ccc2c(c1)CN(S(C)(=O)=O)CC2. The number of nitrogens with zero attached hydrogens (tertiary/aromatic N) is 3. The van der Waals surface area contributed by atoms with Gasteiger partial charge < -0.3 is 4.74 Å². The molecule has 0 saturated heterocycles. The first-order valence-corrected chi connectivity index (χ1v) is 12.2. The van der Waals surface area contributed by atoms with Crippen molar-refractivity contribution in [2.24, 2.45) is 0 Å². The van der Waals surface area contributed by atoms with Crippen LogP contribution in [0.5, 0.6) is 5.88 Å². The maximum absolute atomic E-state index is 13.9. The minimum atomic E-state index is -3.34. The van der Waals surface area contributed by atoms with Crippen LogP contribution in [-0.2, 0) is 29.6 Å². The minimum Gasteiger partial charge on any atom is -0.471 e. The van der Waals surface area contributed by atoms with Crippen molar-refractivity contribution in [2.45, 2.75) is 26.5 Å². The second kappa shape index (κ2) is 8.85. The standard InChI is InChI=1S/C22H20ClF2N3O4S/c1-13-26-21(32-12-15-3-5-17(24)10-19(15)25)20(23)22(29)28(13)18-6-4-14-7-8-27(33(2,30)31)11-16(14)9-18/h3-6,9-10H,7-8,11-12H2,1-2H3. The van der Waals surface area contributed by atoms with Gasteiger partial charge in [0.2, 0.25) is 15.9 Å². The van der Waals surface area contributed by atoms with Crippen LogP contribution in [0.1, 0.15) is 22.5 Å². The van der Waals surface area contributed by atoms with E-state index in [0.717, 1.165) is 29.5 Å². The molecule has 0 radical (unpaired) electrons. The lowest BCUT2D eigenvalue weighted by Gasteiger charge is -2.27. The summed E-state index contributed by atoms with van der Waals surface area (Å²) >= 11 is 6.22. The zero-order valence-corrected chi connectivity index (χ0v) is 19.4. The molecule has 7 nitrogen and oxygen atoms in total. The Morgan fingerprint density at radius 1 is 1.15 bits per heavy atom. The van der Waals surface area contributed by atoms with Crippen LogP contribution in [0, 0.1) is 18.6 Å². The Balaban J connectivity index is 1.65. The largest absolute Gasteiger partial charge is 0.471 e. The van der Waals surface area contributed by atoms with Crippen molar-refractivity contribution in [1.82, 2.24) is 13.9 Å². The summed E-state index contributed by atoms with van der Waals surface area (Å²) in [5, 5.41) is -0.293. The molecule has 1 aliphatic heterocycles. The highest BCUT2D eigenvalue weighted by Gasteiger charge is 2.24. The summed E-state index contributed by atoms with van der Waals surface area (Å²) in [6, 6.07) is 8.41. The molecule has 0 bridgehead atoms. The smallest absolute Gasteiger partial charge is 0.280 e. The number of sulfonamides is 1. The predicted molar refractivity (Wildman–Crippen MR) is 119 cm³/mol. The normalized spacial score (nSPS) is 14.2. The highest BCUT2D eigenvalue weighted by atomic mass is 35.5. The molecule has 0 amide bonds. The van der Waals surface area contributed by atoms with Crippen LogP contribution in [0.25, 0.3) is 5.69 Å². The van der Waals surface area contributed by atoms with E-state index >= 15 is 0 Å². The number of ether oxygens (including phenoxy) is 1. The lowest BCUT2D eigenvalue weighted by molar-refractivity contribution is 0.285. The van der Waals surface area contributed by atoms with E-state index < -0.39 is 27.2 Å². The molecule has 0 N–H and O–H groups in total. The Morgan fingerprint density at radius 3 is 2.61 bits per heavy atom. The average Bonchev–Trinajstić information content (AvgIpc) is 2.75. The summed E-state index contributed by atoms with van der Waals surface area (Å²) in [5.74, 6) is -1.39. The molecule has 1 aromatic heterocycles. The molecule has 11 heteroatoms. The van der Waals surface area contributed by atoms with Gasteiger partial charge in [-0.25, -0.2) is 17.2 Å². The lowest BCUT2D eigenvalue weighted by Crippen LogP contribution is -2.35. The molecule has 0 atom stereocenters. The molecule has 0 unspecified atom stereocenters. The van der Waals surface area contributed by atoms with Crippen molar-refractivity contribution in [2.75, 3.05) is 12.8 Å². The van der Waals surface area contributed by atoms with Crippen LogP contribution in [-0.4, -0.2) is 35.1 Å². The van der Waals surface area contributed by atoms with E-state index in [-0.39, 0.29) is 35.4 Å². The van der Waals surface area contributed by atoms with Crippen molar-refractivity contribution in [3.63, 3.8) is 0 Å². The number of aromatic nitrogens is 2. The molecule has 0 spiro atoms. The molecular formula is C22H20ClF2N3O4S. The number of fused-ring (bicyclic) bond motifs is 1. The molecule has 4 rings (SSSR count). The Bertz CT molecular complexity index is 1410. The van der Waals surface area contributed by atoms with Crippen LogP contribution in [0.3, 0.4) is 0 Å². The van der Waals surface area contributed by atoms with Gasteiger partial charge in [-0.15, -0.1) is 0 Å². The lowest BCUT2D eigenvalue weighted by atomic mass is 10.0. The first-order chi connectivity index (χ1) is 15.5. The van der Waals surface area contributed by atoms with Crippen LogP contribution in [0.15, 0.2) is 41.2 Å². The fraction of sp³-hybridized carbons (Fsp3) is 0.273. The minimum absolute atomic E-state index is 0.0845. The third-order valence-corrected chi connectivity index (χ3v) is 7.01. The summed E-state index contributed by atoms with van der Waals surface area (Å²) in [5.41, 5.74) is 1.77. The van der Waals surface area contributed by atoms with Crippen molar-refractivity contribution in [1.29, 1.82) is 0 Å². The van der Waals surface area contributed by atoms with Crippen LogP contribution in [0.2, 0.25) is 5.02 Å². The average molecular weight is 496 g/mol. The van der Waals surface area contributed by atoms with E-state index in [1.54, 1.807) is 19.1 Å². The molecule has 33 heavy (non-hydrogen) atoms. The molecule has 3 aromatic rings. The van der Waals surface area contributed by atoms with Crippen molar-refractivity contribution >= 4 is 21.6 Å². The van der Waals surface area contributed by atoms with E-state index in [4.69, 9.17) is 16.3 Å². The van der Waals surface area contributed by atoms with Crippen LogP contribution in [0.4, 0.5) is 8.78 Å². The summed E-state index contributed by atoms with van der Waals surface area (Å²) in [6.07, 6.45) is 1.74. The zero-order valence-electron chi connectivity index (χ0n) is 17.8. The number of benzene rings is 2. The van der Waals surface area contributed by atoms with Crippen molar-refractivity contribution < 1.29 is 21.9 Å². The maximum Gasteiger partial charge on any atom is 0.280 e. The molecule has 2 heterocycles. The third kappa shape index (κ3) is 4.78. The second-order valence-corrected chi connectivity index (χ2v) is 10.1. The molecule has 2 aromatic carbocycles. The Kier molecular flexibility index (Phi) is 6.26. The Labute approximate surface area is 194 Å². The third-order valence-electron chi connectivity index (χ3n) is 5.44. The number of hydrogen-bond donors (Lipinski definition) is 0. The maximum atomic E-state index is 13.9. The topological polar surface area (TPSA) is 81.5 Å². The fourth-order valence-electron chi connectivity index (χ4n) is 3.71. The molecule has 1 aliphatic rings. The highest BCUT2D eigenvalue weighted by molar-refractivity contribution is 7.88. The number of aryl methyl sites for hydroxylation is 1. The molecular weight excluding hydrogens is 476 g/mol. The van der Waals surface area contributed by atoms with Crippen LogP contribution >= 0.6 is 11.6 Å². The van der Waals surface area contributed by atoms with Crippen molar-refractivity contribution in [3.8, 4) is 11.6 Å². The van der Waals surface area contributed by atoms with Crippen LogP contribution < -0.4 is 10.3 Å². The quantitative estimate of drug-likeness (QED) is 0.542. The number of halogens is 3. The summed E-state index contributed by atoms with van der Waals surface area (Å²) in [4.78, 5) is 17.3. The molecule has 0 saturated carbocycles. The fourth-order valence-corrected chi connectivity index (χ4v) is 4.68. The van der Waals surface area contributed by atoms with Gasteiger partial charge in [-0.2, -0.15) is 9.29 Å². The first kappa shape index (κ1) is 23.3. The summed E-state index contributed by atoms with van der Waals surface area (Å²) < 4.78 is 58.9. The van der Waals surface area contributed by atoms with Crippen molar-refractivity contribution in [3.05, 3.63) is 85.9 Å². The molecule has 174 valence electrons. The second-order valence-electron chi connectivity index (χ2n) is 7.74. The van der Waals surface area contributed by atoms with Gasteiger partial charge in [-0.1, -0.05) is 17.7 Å². The number of hydrogen-bond acceptors (Lipinski definition) is 5. The van der Waals surface area contributed by atoms with Gasteiger partial charge in [0.1, 0.15) is 24.1 Å². The van der Waals surface area contributed by atoms with Gasteiger partial charge in [0.05, 0.1) is 11.9 Å². The van der Waals surface area contributed by atoms with Gasteiger partial charge in [0.25, 0.3) is 5.56 Å². The van der Waals surface area contributed by atoms with Gasteiger partial charge in [0.15, 0.2) is 5.02 Å². The van der Waals surface area contributed by atoms with Gasteiger partial charge in [-0.05, 0) is 48.7 Å². The van der Waals surface area contributed by atoms with Gasteiger partial charge in [-0.3, -0.25) is 9.36 Å². The first-order valence-electron chi connectivity index (χ1n) is 9.98. The highest BCUT2D eigenvalue weighted by Crippen LogP contribution is 2.26. The summed E-state index contributed by atoms with van der Waals surface area (Å²) in [6.45, 7) is 1.91. The van der Waals surface area contributed by atoms with E-state index in [1.165, 1.54) is 14.9 Å². The monoisotopic (exact) mass is 495 g/mol. The zero-order chi connectivity index (χ0) is 23.9. The van der Waals surface area contributed by atoms with E-state index in [9.17, 15) is 22.0 Å². The predicted octanol–water partition coefficient (Wildman–Crippen LogP) is 3.37. The van der Waals surface area contributed by atoms with E-state index in [2.05, 4.69) is 4.98 Å². The Hall–Kier alpha value is -2.82. The molecule has 0 aliphatic carbocycles. The summed E-state index contributed by atoms with van der Waals surface area (Å²) in [7, 11) is -3.34. The Morgan fingerprint density at radius 2 is 1.91 bits per heavy atom. The van der Waals surface area contributed by atoms with E-state index in [1.807, 2.05) is 6.07 Å². The number of rotatable bonds is 5. The van der Waals surface area contributed by atoms with E-state index in [0.29, 0.717) is 18.7 Å². The molecule has 0 fully saturated rings. The van der Waals surface area contributed by atoms with Gasteiger partial charge >= 0.3 is 0 Å². The van der Waals surface area contributed by atoms with Gasteiger partial charge in [0, 0.05) is 24.7 Å².